The molecular formula is C19H28N. The molecule has 0 saturated heterocycles. The molecule has 109 valence electrons. The fourth-order valence-corrected chi connectivity index (χ4v) is 3.01. The zero-order valence-corrected chi connectivity index (χ0v) is 13.4. The molecule has 0 aromatic heterocycles. The van der Waals surface area contributed by atoms with Crippen LogP contribution in [0.4, 0.5) is 0 Å². The van der Waals surface area contributed by atoms with Gasteiger partial charge in [-0.05, 0) is 61.3 Å². The lowest BCUT2D eigenvalue weighted by Crippen LogP contribution is -1.95. The van der Waals surface area contributed by atoms with Crippen molar-refractivity contribution in [1.82, 2.24) is 0 Å². The molecule has 0 saturated carbocycles. The van der Waals surface area contributed by atoms with Gasteiger partial charge in [-0.25, -0.2) is 4.99 Å². The molecule has 0 unspecified atom stereocenters. The molecule has 1 aliphatic heterocycles. The van der Waals surface area contributed by atoms with Crippen LogP contribution in [0.15, 0.2) is 39.1 Å². The van der Waals surface area contributed by atoms with Crippen molar-refractivity contribution in [3.05, 3.63) is 34.1 Å². The molecule has 1 aliphatic carbocycles. The van der Waals surface area contributed by atoms with Crippen LogP contribution in [0.25, 0.3) is 0 Å². The number of hydrogen-bond acceptors (Lipinski definition) is 1. The quantitative estimate of drug-likeness (QED) is 0.486. The second kappa shape index (κ2) is 7.61. The molecule has 1 heterocycles. The molecular weight excluding hydrogens is 242 g/mol. The van der Waals surface area contributed by atoms with Crippen LogP contribution >= 0.6 is 0 Å². The summed E-state index contributed by atoms with van der Waals surface area (Å²) in [4.78, 5) is 4.54. The molecule has 2 aliphatic rings. The van der Waals surface area contributed by atoms with Gasteiger partial charge in [0.15, 0.2) is 0 Å². The van der Waals surface area contributed by atoms with Gasteiger partial charge < -0.3 is 0 Å². The largest absolute Gasteiger partial charge is 0.246 e. The van der Waals surface area contributed by atoms with Crippen LogP contribution in [0.3, 0.4) is 0 Å². The van der Waals surface area contributed by atoms with Crippen LogP contribution in [0, 0.1) is 0 Å². The van der Waals surface area contributed by atoms with Crippen LogP contribution < -0.4 is 0 Å². The van der Waals surface area contributed by atoms with Crippen molar-refractivity contribution in [2.24, 2.45) is 4.99 Å². The molecule has 0 atom stereocenters. The van der Waals surface area contributed by atoms with E-state index in [1.54, 1.807) is 11.1 Å². The fraction of sp³-hybridized carbons (Fsp3) is 0.632. The van der Waals surface area contributed by atoms with Gasteiger partial charge in [-0.2, -0.15) is 0 Å². The average molecular weight is 270 g/mol. The molecule has 0 N–H and O–H groups in total. The minimum Gasteiger partial charge on any atom is -0.246 e. The van der Waals surface area contributed by atoms with Gasteiger partial charge in [-0.1, -0.05) is 40.0 Å². The van der Waals surface area contributed by atoms with Crippen molar-refractivity contribution < 1.29 is 0 Å². The second-order valence-electron chi connectivity index (χ2n) is 5.92. The van der Waals surface area contributed by atoms with Crippen LogP contribution in [0.2, 0.25) is 0 Å². The SMILES string of the molecule is CCCCC1=C2C(=CC(CCCC)=C2CCCC)N=[C]1. The molecule has 1 nitrogen and oxygen atoms in total. The smallest absolute Gasteiger partial charge is 0.0935 e. The second-order valence-corrected chi connectivity index (χ2v) is 5.92. The molecule has 0 aromatic carbocycles. The standard InChI is InChI=1S/C19H28N/c1-4-7-10-15-13-18-19(17(15)12-9-6-3)16(14-20-18)11-8-5-2/h13H,4-12H2,1-3H3. The third kappa shape index (κ3) is 3.31. The van der Waals surface area contributed by atoms with E-state index in [4.69, 9.17) is 0 Å². The zero-order chi connectivity index (χ0) is 14.4. The lowest BCUT2D eigenvalue weighted by atomic mass is 9.93. The summed E-state index contributed by atoms with van der Waals surface area (Å²) in [7, 11) is 0. The average Bonchev–Trinajstić information content (AvgIpc) is 3.00. The molecule has 0 spiro atoms. The Labute approximate surface area is 124 Å². The highest BCUT2D eigenvalue weighted by molar-refractivity contribution is 5.90. The predicted octanol–water partition coefficient (Wildman–Crippen LogP) is 6.01. The number of rotatable bonds is 9. The van der Waals surface area contributed by atoms with Gasteiger partial charge in [0.25, 0.3) is 0 Å². The molecule has 2 rings (SSSR count). The number of hydrogen-bond donors (Lipinski definition) is 0. The molecule has 1 radical (unpaired) electrons. The van der Waals surface area contributed by atoms with E-state index in [0.29, 0.717) is 0 Å². The first-order valence-electron chi connectivity index (χ1n) is 8.46. The maximum atomic E-state index is 4.54. The van der Waals surface area contributed by atoms with Gasteiger partial charge in [0, 0.05) is 5.57 Å². The van der Waals surface area contributed by atoms with Crippen molar-refractivity contribution in [2.75, 3.05) is 0 Å². The van der Waals surface area contributed by atoms with Crippen LogP contribution in [0.1, 0.15) is 78.6 Å². The summed E-state index contributed by atoms with van der Waals surface area (Å²) in [5.74, 6) is 0. The highest BCUT2D eigenvalue weighted by atomic mass is 14.8. The first-order chi connectivity index (χ1) is 9.81. The first-order valence-corrected chi connectivity index (χ1v) is 8.46. The summed E-state index contributed by atoms with van der Waals surface area (Å²) in [6.45, 7) is 6.80. The summed E-state index contributed by atoms with van der Waals surface area (Å²) in [6, 6.07) is 0. The molecule has 0 bridgehead atoms. The van der Waals surface area contributed by atoms with Gasteiger partial charge in [0.1, 0.15) is 0 Å². The van der Waals surface area contributed by atoms with Crippen LogP contribution in [0.5, 0.6) is 0 Å². The number of fused-ring (bicyclic) bond motifs is 1. The van der Waals surface area contributed by atoms with Crippen molar-refractivity contribution in [3.63, 3.8) is 0 Å². The minimum absolute atomic E-state index is 1.14. The van der Waals surface area contributed by atoms with Gasteiger partial charge in [-0.3, -0.25) is 0 Å². The van der Waals surface area contributed by atoms with E-state index in [0.717, 1.165) is 6.42 Å². The Hall–Kier alpha value is -1.11. The number of aliphatic imine (C=N–C) groups is 1. The third-order valence-electron chi connectivity index (χ3n) is 4.23. The normalized spacial score (nSPS) is 17.2. The van der Waals surface area contributed by atoms with Gasteiger partial charge >= 0.3 is 0 Å². The van der Waals surface area contributed by atoms with Crippen LogP contribution in [-0.4, -0.2) is 6.21 Å². The number of unbranched alkanes of at least 4 members (excludes halogenated alkanes) is 3. The Morgan fingerprint density at radius 2 is 1.55 bits per heavy atom. The maximum Gasteiger partial charge on any atom is 0.0935 e. The van der Waals surface area contributed by atoms with Crippen molar-refractivity contribution in [3.8, 4) is 0 Å². The van der Waals surface area contributed by atoms with Gasteiger partial charge in [0.05, 0.1) is 11.9 Å². The summed E-state index contributed by atoms with van der Waals surface area (Å²) >= 11 is 0. The molecule has 0 aromatic rings. The van der Waals surface area contributed by atoms with E-state index < -0.39 is 0 Å². The fourth-order valence-electron chi connectivity index (χ4n) is 3.01. The highest BCUT2D eigenvalue weighted by Gasteiger charge is 2.26. The monoisotopic (exact) mass is 270 g/mol. The van der Waals surface area contributed by atoms with E-state index in [9.17, 15) is 0 Å². The van der Waals surface area contributed by atoms with Gasteiger partial charge in [-0.15, -0.1) is 0 Å². The minimum atomic E-state index is 1.14. The van der Waals surface area contributed by atoms with Gasteiger partial charge in [0.2, 0.25) is 0 Å². The lowest BCUT2D eigenvalue weighted by molar-refractivity contribution is 0.761. The molecule has 20 heavy (non-hydrogen) atoms. The highest BCUT2D eigenvalue weighted by Crippen LogP contribution is 2.42. The van der Waals surface area contributed by atoms with E-state index in [2.05, 4.69) is 38.1 Å². The third-order valence-corrected chi connectivity index (χ3v) is 4.23. The lowest BCUT2D eigenvalue weighted by Gasteiger charge is -2.11. The Balaban J connectivity index is 2.22. The molecule has 1 heteroatoms. The van der Waals surface area contributed by atoms with Crippen molar-refractivity contribution >= 4 is 6.21 Å². The van der Waals surface area contributed by atoms with Crippen LogP contribution in [-0.2, 0) is 0 Å². The summed E-state index contributed by atoms with van der Waals surface area (Å²) in [6.07, 6.45) is 16.8. The molecule has 0 amide bonds. The molecule has 0 fully saturated rings. The predicted molar refractivity (Wildman–Crippen MR) is 88.1 cm³/mol. The van der Waals surface area contributed by atoms with E-state index in [1.807, 2.05) is 0 Å². The van der Waals surface area contributed by atoms with Crippen molar-refractivity contribution in [2.45, 2.75) is 78.6 Å². The number of allylic oxidation sites excluding steroid dienone is 4. The Bertz CT molecular complexity index is 460. The number of nitrogens with zero attached hydrogens (tertiary/aromatic N) is 1. The zero-order valence-electron chi connectivity index (χ0n) is 13.4. The maximum absolute atomic E-state index is 4.54. The Morgan fingerprint density at radius 3 is 2.25 bits per heavy atom. The van der Waals surface area contributed by atoms with E-state index in [-0.39, 0.29) is 0 Å². The summed E-state index contributed by atoms with van der Waals surface area (Å²) < 4.78 is 0. The Morgan fingerprint density at radius 1 is 0.900 bits per heavy atom. The topological polar surface area (TPSA) is 12.4 Å². The summed E-state index contributed by atoms with van der Waals surface area (Å²) in [5, 5.41) is 0. The first kappa shape index (κ1) is 15.3. The summed E-state index contributed by atoms with van der Waals surface area (Å²) in [5.41, 5.74) is 7.18. The van der Waals surface area contributed by atoms with Crippen molar-refractivity contribution in [1.29, 1.82) is 0 Å². The Kier molecular flexibility index (Phi) is 5.82. The van der Waals surface area contributed by atoms with E-state index >= 15 is 0 Å². The van der Waals surface area contributed by atoms with E-state index in [1.165, 1.54) is 68.2 Å².